The standard InChI is InChI=1S/C9H10N4O3S/c1-5-7(16-4-10-5)8-11-12-9(13(8)2)17-3-6(14)15/h4H,3H2,1-2H3,(H,14,15). The second kappa shape index (κ2) is 4.58. The van der Waals surface area contributed by atoms with Crippen molar-refractivity contribution < 1.29 is 14.3 Å². The number of carbonyl (C=O) groups is 1. The molecule has 2 aromatic heterocycles. The van der Waals surface area contributed by atoms with Crippen LogP contribution in [0.2, 0.25) is 0 Å². The Morgan fingerprint density at radius 3 is 2.94 bits per heavy atom. The van der Waals surface area contributed by atoms with E-state index in [1.54, 1.807) is 18.5 Å². The van der Waals surface area contributed by atoms with Crippen LogP contribution in [0.25, 0.3) is 11.6 Å². The third kappa shape index (κ3) is 2.31. The zero-order valence-corrected chi connectivity index (χ0v) is 10.1. The van der Waals surface area contributed by atoms with Crippen LogP contribution >= 0.6 is 11.8 Å². The van der Waals surface area contributed by atoms with Crippen molar-refractivity contribution in [3.8, 4) is 11.6 Å². The Hall–Kier alpha value is -1.83. The molecule has 0 amide bonds. The molecule has 90 valence electrons. The van der Waals surface area contributed by atoms with Crippen molar-refractivity contribution in [1.82, 2.24) is 19.7 Å². The lowest BCUT2D eigenvalue weighted by Gasteiger charge is -2.00. The lowest BCUT2D eigenvalue weighted by atomic mass is 10.3. The SMILES string of the molecule is Cc1ncoc1-c1nnc(SCC(=O)O)n1C. The van der Waals surface area contributed by atoms with Crippen LogP contribution in [0.4, 0.5) is 0 Å². The third-order valence-corrected chi connectivity index (χ3v) is 3.11. The van der Waals surface area contributed by atoms with E-state index in [1.165, 1.54) is 6.39 Å². The molecule has 2 rings (SSSR count). The molecule has 17 heavy (non-hydrogen) atoms. The van der Waals surface area contributed by atoms with Crippen molar-refractivity contribution in [2.45, 2.75) is 12.1 Å². The fourth-order valence-corrected chi connectivity index (χ4v) is 1.91. The Labute approximate surface area is 101 Å². The van der Waals surface area contributed by atoms with E-state index in [4.69, 9.17) is 9.52 Å². The minimum absolute atomic E-state index is 0.0542. The van der Waals surface area contributed by atoms with Crippen LogP contribution in [0, 0.1) is 6.92 Å². The summed E-state index contributed by atoms with van der Waals surface area (Å²) in [6.45, 7) is 1.80. The van der Waals surface area contributed by atoms with Crippen LogP contribution in [0.1, 0.15) is 5.69 Å². The molecule has 0 spiro atoms. The Balaban J connectivity index is 2.27. The van der Waals surface area contributed by atoms with Crippen LogP contribution in [0.3, 0.4) is 0 Å². The van der Waals surface area contributed by atoms with E-state index in [-0.39, 0.29) is 5.75 Å². The number of carboxylic acid groups (broad SMARTS) is 1. The predicted molar refractivity (Wildman–Crippen MR) is 59.6 cm³/mol. The fraction of sp³-hybridized carbons (Fsp3) is 0.333. The first-order valence-electron chi connectivity index (χ1n) is 4.74. The molecule has 0 radical (unpaired) electrons. The first kappa shape index (κ1) is 11.6. The number of aromatic nitrogens is 4. The van der Waals surface area contributed by atoms with E-state index in [0.717, 1.165) is 17.5 Å². The van der Waals surface area contributed by atoms with Crippen molar-refractivity contribution in [2.24, 2.45) is 7.05 Å². The van der Waals surface area contributed by atoms with Gasteiger partial charge in [0.1, 0.15) is 0 Å². The van der Waals surface area contributed by atoms with Gasteiger partial charge < -0.3 is 14.1 Å². The smallest absolute Gasteiger partial charge is 0.313 e. The van der Waals surface area contributed by atoms with Gasteiger partial charge in [0, 0.05) is 7.05 Å². The Morgan fingerprint density at radius 2 is 2.35 bits per heavy atom. The van der Waals surface area contributed by atoms with Gasteiger partial charge in [-0.1, -0.05) is 11.8 Å². The summed E-state index contributed by atoms with van der Waals surface area (Å²) < 4.78 is 6.89. The predicted octanol–water partition coefficient (Wildman–Crippen LogP) is 0.955. The van der Waals surface area contributed by atoms with E-state index in [2.05, 4.69) is 15.2 Å². The molecule has 1 N–H and O–H groups in total. The maximum atomic E-state index is 10.5. The van der Waals surface area contributed by atoms with Crippen molar-refractivity contribution in [3.63, 3.8) is 0 Å². The minimum Gasteiger partial charge on any atom is -0.481 e. The number of aryl methyl sites for hydroxylation is 1. The number of carboxylic acids is 1. The van der Waals surface area contributed by atoms with Crippen LogP contribution in [-0.2, 0) is 11.8 Å². The molecule has 0 fully saturated rings. The maximum Gasteiger partial charge on any atom is 0.313 e. The molecule has 2 heterocycles. The molecule has 0 atom stereocenters. The lowest BCUT2D eigenvalue weighted by molar-refractivity contribution is -0.133. The summed E-state index contributed by atoms with van der Waals surface area (Å²) in [6, 6.07) is 0. The summed E-state index contributed by atoms with van der Waals surface area (Å²) in [5.41, 5.74) is 0.718. The summed E-state index contributed by atoms with van der Waals surface area (Å²) >= 11 is 1.11. The Morgan fingerprint density at radius 1 is 1.59 bits per heavy atom. The van der Waals surface area contributed by atoms with Gasteiger partial charge in [-0.3, -0.25) is 4.79 Å². The number of hydrogen-bond donors (Lipinski definition) is 1. The highest BCUT2D eigenvalue weighted by Gasteiger charge is 2.17. The van der Waals surface area contributed by atoms with Gasteiger partial charge >= 0.3 is 5.97 Å². The Kier molecular flexibility index (Phi) is 3.14. The number of rotatable bonds is 4. The monoisotopic (exact) mass is 254 g/mol. The zero-order chi connectivity index (χ0) is 12.4. The van der Waals surface area contributed by atoms with Gasteiger partial charge in [-0.2, -0.15) is 0 Å². The fourth-order valence-electron chi connectivity index (χ4n) is 1.28. The molecule has 0 saturated carbocycles. The van der Waals surface area contributed by atoms with Crippen LogP contribution < -0.4 is 0 Å². The first-order chi connectivity index (χ1) is 8.09. The zero-order valence-electron chi connectivity index (χ0n) is 9.25. The molecule has 0 aliphatic carbocycles. The van der Waals surface area contributed by atoms with Gasteiger partial charge in [0.25, 0.3) is 0 Å². The third-order valence-electron chi connectivity index (χ3n) is 2.11. The summed E-state index contributed by atoms with van der Waals surface area (Å²) in [6.07, 6.45) is 1.34. The van der Waals surface area contributed by atoms with E-state index in [9.17, 15) is 4.79 Å². The first-order valence-corrected chi connectivity index (χ1v) is 5.72. The molecule has 8 heteroatoms. The van der Waals surface area contributed by atoms with Gasteiger partial charge in [-0.05, 0) is 6.92 Å². The van der Waals surface area contributed by atoms with E-state index < -0.39 is 5.97 Å². The highest BCUT2D eigenvalue weighted by molar-refractivity contribution is 7.99. The molecule has 0 saturated heterocycles. The number of oxazole rings is 1. The average molecular weight is 254 g/mol. The van der Waals surface area contributed by atoms with Gasteiger partial charge in [-0.15, -0.1) is 10.2 Å². The molecule has 0 aromatic carbocycles. The van der Waals surface area contributed by atoms with E-state index >= 15 is 0 Å². The summed E-state index contributed by atoms with van der Waals surface area (Å²) in [5, 5.41) is 17.0. The molecule has 0 unspecified atom stereocenters. The Bertz CT molecular complexity index is 548. The van der Waals surface area contributed by atoms with Gasteiger partial charge in [0.2, 0.25) is 5.82 Å². The van der Waals surface area contributed by atoms with Gasteiger partial charge in [0.05, 0.1) is 11.4 Å². The summed E-state index contributed by atoms with van der Waals surface area (Å²) in [7, 11) is 1.75. The number of nitrogens with zero attached hydrogens (tertiary/aromatic N) is 4. The molecular formula is C9H10N4O3S. The summed E-state index contributed by atoms with van der Waals surface area (Å²) in [5.74, 6) is 0.131. The van der Waals surface area contributed by atoms with E-state index in [0.29, 0.717) is 16.7 Å². The number of aliphatic carboxylic acids is 1. The van der Waals surface area contributed by atoms with Crippen LogP contribution in [0.15, 0.2) is 16.0 Å². The molecule has 0 bridgehead atoms. The molecule has 2 aromatic rings. The number of hydrogen-bond acceptors (Lipinski definition) is 6. The van der Waals surface area contributed by atoms with Crippen molar-refractivity contribution in [3.05, 3.63) is 12.1 Å². The summed E-state index contributed by atoms with van der Waals surface area (Å²) in [4.78, 5) is 14.4. The van der Waals surface area contributed by atoms with Crippen molar-refractivity contribution >= 4 is 17.7 Å². The highest BCUT2D eigenvalue weighted by atomic mass is 32.2. The molecule has 0 aliphatic rings. The van der Waals surface area contributed by atoms with Crippen LogP contribution in [0.5, 0.6) is 0 Å². The maximum absolute atomic E-state index is 10.5. The van der Waals surface area contributed by atoms with Crippen LogP contribution in [-0.4, -0.2) is 36.6 Å². The molecule has 0 aliphatic heterocycles. The van der Waals surface area contributed by atoms with Crippen molar-refractivity contribution in [1.29, 1.82) is 0 Å². The van der Waals surface area contributed by atoms with E-state index in [1.807, 2.05) is 0 Å². The number of thioether (sulfide) groups is 1. The molecule has 7 nitrogen and oxygen atoms in total. The average Bonchev–Trinajstić information content (AvgIpc) is 2.82. The quantitative estimate of drug-likeness (QED) is 0.812. The minimum atomic E-state index is -0.893. The lowest BCUT2D eigenvalue weighted by Crippen LogP contribution is -2.01. The largest absolute Gasteiger partial charge is 0.481 e. The molecular weight excluding hydrogens is 244 g/mol. The highest BCUT2D eigenvalue weighted by Crippen LogP contribution is 2.24. The second-order valence-electron chi connectivity index (χ2n) is 3.31. The van der Waals surface area contributed by atoms with Gasteiger partial charge in [0.15, 0.2) is 17.3 Å². The van der Waals surface area contributed by atoms with Crippen molar-refractivity contribution in [2.75, 3.05) is 5.75 Å². The normalized spacial score (nSPS) is 10.7. The van der Waals surface area contributed by atoms with Gasteiger partial charge in [-0.25, -0.2) is 4.98 Å². The topological polar surface area (TPSA) is 94.0 Å². The second-order valence-corrected chi connectivity index (χ2v) is 4.26.